The number of Topliss-reactive ketones (excluding diaryl/α,β-unsaturated/α-hetero) is 1. The summed E-state index contributed by atoms with van der Waals surface area (Å²) in [5.41, 5.74) is 1.09. The zero-order valence-electron chi connectivity index (χ0n) is 10.4. The predicted octanol–water partition coefficient (Wildman–Crippen LogP) is 5.23. The van der Waals surface area contributed by atoms with Crippen LogP contribution in [0.25, 0.3) is 10.1 Å². The van der Waals surface area contributed by atoms with Crippen LogP contribution in [0.1, 0.15) is 15.9 Å². The minimum absolute atomic E-state index is 0.0561. The van der Waals surface area contributed by atoms with Crippen molar-refractivity contribution in [2.24, 2.45) is 0 Å². The monoisotopic (exact) mass is 348 g/mol. The molecular formula is C16H10BrFOS. The summed E-state index contributed by atoms with van der Waals surface area (Å²) >= 11 is 4.84. The average molecular weight is 349 g/mol. The second-order valence-corrected chi connectivity index (χ2v) is 6.31. The van der Waals surface area contributed by atoms with Crippen molar-refractivity contribution in [3.63, 3.8) is 0 Å². The zero-order chi connectivity index (χ0) is 14.1. The summed E-state index contributed by atoms with van der Waals surface area (Å²) in [4.78, 5) is 12.4. The molecule has 2 aromatic carbocycles. The molecule has 0 atom stereocenters. The van der Waals surface area contributed by atoms with Gasteiger partial charge < -0.3 is 0 Å². The van der Waals surface area contributed by atoms with Crippen LogP contribution in [0.5, 0.6) is 0 Å². The molecule has 0 amide bonds. The van der Waals surface area contributed by atoms with Crippen molar-refractivity contribution >= 4 is 43.1 Å². The molecule has 3 aromatic rings. The standard InChI is InChI=1S/C16H10BrFOS/c17-11-5-6-14(18)10(7-11)8-15(19)13-9-20-16-4-2-1-3-12(13)16/h1-7,9H,8H2. The van der Waals surface area contributed by atoms with Crippen LogP contribution >= 0.6 is 27.3 Å². The normalized spacial score (nSPS) is 10.9. The van der Waals surface area contributed by atoms with Gasteiger partial charge in [0.05, 0.1) is 0 Å². The number of rotatable bonds is 3. The van der Waals surface area contributed by atoms with Gasteiger partial charge in [0.2, 0.25) is 0 Å². The fourth-order valence-electron chi connectivity index (χ4n) is 2.14. The Kier molecular flexibility index (Phi) is 3.68. The fourth-order valence-corrected chi connectivity index (χ4v) is 3.51. The molecular weight excluding hydrogens is 339 g/mol. The average Bonchev–Trinajstić information content (AvgIpc) is 2.87. The lowest BCUT2D eigenvalue weighted by Crippen LogP contribution is -2.04. The zero-order valence-corrected chi connectivity index (χ0v) is 12.8. The lowest BCUT2D eigenvalue weighted by atomic mass is 10.0. The van der Waals surface area contributed by atoms with Gasteiger partial charge in [-0.2, -0.15) is 0 Å². The van der Waals surface area contributed by atoms with Gasteiger partial charge in [0, 0.05) is 31.9 Å². The van der Waals surface area contributed by atoms with Crippen LogP contribution in [-0.2, 0) is 6.42 Å². The second-order valence-electron chi connectivity index (χ2n) is 4.48. The molecule has 0 aliphatic carbocycles. The molecule has 100 valence electrons. The van der Waals surface area contributed by atoms with Crippen molar-refractivity contribution in [3.8, 4) is 0 Å². The molecule has 0 radical (unpaired) electrons. The molecule has 1 aromatic heterocycles. The van der Waals surface area contributed by atoms with E-state index in [2.05, 4.69) is 15.9 Å². The van der Waals surface area contributed by atoms with Crippen molar-refractivity contribution in [2.45, 2.75) is 6.42 Å². The number of benzene rings is 2. The lowest BCUT2D eigenvalue weighted by molar-refractivity contribution is 0.0994. The number of carbonyl (C=O) groups is 1. The van der Waals surface area contributed by atoms with E-state index in [0.29, 0.717) is 11.1 Å². The molecule has 0 unspecified atom stereocenters. The Morgan fingerprint density at radius 3 is 2.85 bits per heavy atom. The number of thiophene rings is 1. The number of ketones is 1. The first-order chi connectivity index (χ1) is 9.65. The van der Waals surface area contributed by atoms with E-state index >= 15 is 0 Å². The second kappa shape index (κ2) is 5.46. The van der Waals surface area contributed by atoms with Gasteiger partial charge in [-0.3, -0.25) is 4.79 Å². The van der Waals surface area contributed by atoms with E-state index < -0.39 is 0 Å². The Labute approximate surface area is 128 Å². The van der Waals surface area contributed by atoms with E-state index in [4.69, 9.17) is 0 Å². The summed E-state index contributed by atoms with van der Waals surface area (Å²) in [7, 11) is 0. The summed E-state index contributed by atoms with van der Waals surface area (Å²) in [5, 5.41) is 2.79. The molecule has 0 spiro atoms. The van der Waals surface area contributed by atoms with E-state index in [9.17, 15) is 9.18 Å². The molecule has 0 fully saturated rings. The number of hydrogen-bond acceptors (Lipinski definition) is 2. The molecule has 1 nitrogen and oxygen atoms in total. The fraction of sp³-hybridized carbons (Fsp3) is 0.0625. The van der Waals surface area contributed by atoms with Crippen LogP contribution in [0, 0.1) is 5.82 Å². The summed E-state index contributed by atoms with van der Waals surface area (Å²) in [6.07, 6.45) is 0.0754. The number of hydrogen-bond donors (Lipinski definition) is 0. The van der Waals surface area contributed by atoms with Crippen LogP contribution < -0.4 is 0 Å². The molecule has 20 heavy (non-hydrogen) atoms. The highest BCUT2D eigenvalue weighted by molar-refractivity contribution is 9.10. The SMILES string of the molecule is O=C(Cc1cc(Br)ccc1F)c1csc2ccccc12. The van der Waals surface area contributed by atoms with Crippen molar-refractivity contribution in [2.75, 3.05) is 0 Å². The first-order valence-electron chi connectivity index (χ1n) is 6.08. The smallest absolute Gasteiger partial charge is 0.168 e. The van der Waals surface area contributed by atoms with E-state index in [-0.39, 0.29) is 18.0 Å². The van der Waals surface area contributed by atoms with Crippen LogP contribution in [-0.4, -0.2) is 5.78 Å². The van der Waals surface area contributed by atoms with Gasteiger partial charge in [0.15, 0.2) is 5.78 Å². The highest BCUT2D eigenvalue weighted by atomic mass is 79.9. The third kappa shape index (κ3) is 2.53. The van der Waals surface area contributed by atoms with Crippen LogP contribution in [0.3, 0.4) is 0 Å². The molecule has 3 rings (SSSR count). The van der Waals surface area contributed by atoms with E-state index in [1.165, 1.54) is 17.4 Å². The number of halogens is 2. The topological polar surface area (TPSA) is 17.1 Å². The molecule has 4 heteroatoms. The van der Waals surface area contributed by atoms with Crippen molar-refractivity contribution < 1.29 is 9.18 Å². The van der Waals surface area contributed by atoms with Gasteiger partial charge in [-0.15, -0.1) is 11.3 Å². The number of carbonyl (C=O) groups excluding carboxylic acids is 1. The van der Waals surface area contributed by atoms with Gasteiger partial charge in [0.1, 0.15) is 5.82 Å². The largest absolute Gasteiger partial charge is 0.294 e. The van der Waals surface area contributed by atoms with Gasteiger partial charge >= 0.3 is 0 Å². The maximum absolute atomic E-state index is 13.7. The van der Waals surface area contributed by atoms with Gasteiger partial charge in [-0.05, 0) is 29.8 Å². The van der Waals surface area contributed by atoms with Crippen molar-refractivity contribution in [3.05, 3.63) is 69.3 Å². The Hall–Kier alpha value is -1.52. The Bertz CT molecular complexity index is 794. The first kappa shape index (κ1) is 13.5. The molecule has 0 saturated carbocycles. The predicted molar refractivity (Wildman–Crippen MR) is 84.0 cm³/mol. The number of fused-ring (bicyclic) bond motifs is 1. The van der Waals surface area contributed by atoms with Crippen LogP contribution in [0.4, 0.5) is 4.39 Å². The molecule has 1 heterocycles. The third-order valence-electron chi connectivity index (χ3n) is 3.14. The van der Waals surface area contributed by atoms with E-state index in [1.54, 1.807) is 12.1 Å². The van der Waals surface area contributed by atoms with Crippen LogP contribution in [0.2, 0.25) is 0 Å². The summed E-state index contributed by atoms with van der Waals surface area (Å²) in [5.74, 6) is -0.402. The summed E-state index contributed by atoms with van der Waals surface area (Å²) in [6.45, 7) is 0. The van der Waals surface area contributed by atoms with Crippen LogP contribution in [0.15, 0.2) is 52.3 Å². The van der Waals surface area contributed by atoms with E-state index in [1.807, 2.05) is 29.6 Å². The molecule has 0 saturated heterocycles. The Morgan fingerprint density at radius 2 is 2.00 bits per heavy atom. The van der Waals surface area contributed by atoms with Crippen molar-refractivity contribution in [1.29, 1.82) is 0 Å². The molecule has 0 aliphatic rings. The Balaban J connectivity index is 1.95. The molecule has 0 bridgehead atoms. The first-order valence-corrected chi connectivity index (χ1v) is 7.76. The maximum atomic E-state index is 13.7. The minimum Gasteiger partial charge on any atom is -0.294 e. The molecule has 0 N–H and O–H groups in total. The van der Waals surface area contributed by atoms with Gasteiger partial charge in [-0.1, -0.05) is 34.1 Å². The highest BCUT2D eigenvalue weighted by Gasteiger charge is 2.14. The lowest BCUT2D eigenvalue weighted by Gasteiger charge is -2.03. The maximum Gasteiger partial charge on any atom is 0.168 e. The Morgan fingerprint density at radius 1 is 1.20 bits per heavy atom. The molecule has 0 aliphatic heterocycles. The van der Waals surface area contributed by atoms with Gasteiger partial charge in [0.25, 0.3) is 0 Å². The van der Waals surface area contributed by atoms with Crippen molar-refractivity contribution in [1.82, 2.24) is 0 Å². The summed E-state index contributed by atoms with van der Waals surface area (Å²) < 4.78 is 15.6. The third-order valence-corrected chi connectivity index (χ3v) is 4.60. The van der Waals surface area contributed by atoms with Gasteiger partial charge in [-0.25, -0.2) is 4.39 Å². The van der Waals surface area contributed by atoms with E-state index in [0.717, 1.165) is 14.6 Å². The quantitative estimate of drug-likeness (QED) is 0.592. The minimum atomic E-state index is -0.346. The highest BCUT2D eigenvalue weighted by Crippen LogP contribution is 2.27. The summed E-state index contributed by atoms with van der Waals surface area (Å²) in [6, 6.07) is 12.4.